The molecule has 1 fully saturated rings. The quantitative estimate of drug-likeness (QED) is 0.253. The third-order valence-electron chi connectivity index (χ3n) is 5.64. The molecule has 2 aromatic carbocycles. The van der Waals surface area contributed by atoms with E-state index in [9.17, 15) is 9.59 Å². The zero-order valence-electron chi connectivity index (χ0n) is 19.7. The van der Waals surface area contributed by atoms with Crippen molar-refractivity contribution >= 4 is 51.5 Å². The topological polar surface area (TPSA) is 76.8 Å². The van der Waals surface area contributed by atoms with Crippen molar-refractivity contribution in [2.75, 3.05) is 6.61 Å². The molecule has 0 bridgehead atoms. The van der Waals surface area contributed by atoms with Gasteiger partial charge in [0.15, 0.2) is 5.17 Å². The summed E-state index contributed by atoms with van der Waals surface area (Å²) >= 11 is 1.34. The lowest BCUT2D eigenvalue weighted by Crippen LogP contribution is -2.28. The number of carbonyl (C=O) groups is 2. The van der Waals surface area contributed by atoms with Gasteiger partial charge in [-0.05, 0) is 54.6 Å². The number of fused-ring (bicyclic) bond motifs is 1. The standard InChI is InChI=1S/C28H24N4O3S/c1-2-35-26(33)19-31-18-21(23-12-6-7-13-24(23)31)15-25-27(34)32(17-20-9-8-14-29-16-20)28(36-25)30-22-10-4-3-5-11-22/h3-16,18H,2,17,19H2,1H3. The predicted octanol–water partition coefficient (Wildman–Crippen LogP) is 5.40. The second kappa shape index (κ2) is 10.6. The van der Waals surface area contributed by atoms with E-state index < -0.39 is 0 Å². The first-order valence-electron chi connectivity index (χ1n) is 11.6. The van der Waals surface area contributed by atoms with Crippen LogP contribution in [0.25, 0.3) is 17.0 Å². The van der Waals surface area contributed by atoms with E-state index in [1.165, 1.54) is 11.8 Å². The Morgan fingerprint density at radius 1 is 1.08 bits per heavy atom. The van der Waals surface area contributed by atoms with Gasteiger partial charge in [-0.3, -0.25) is 19.5 Å². The third kappa shape index (κ3) is 5.08. The predicted molar refractivity (Wildman–Crippen MR) is 142 cm³/mol. The lowest BCUT2D eigenvalue weighted by Gasteiger charge is -2.15. The monoisotopic (exact) mass is 496 g/mol. The Morgan fingerprint density at radius 2 is 1.89 bits per heavy atom. The minimum absolute atomic E-state index is 0.104. The van der Waals surface area contributed by atoms with E-state index in [0.29, 0.717) is 23.2 Å². The number of rotatable bonds is 7. The van der Waals surface area contributed by atoms with Crippen molar-refractivity contribution in [3.05, 3.63) is 101 Å². The number of nitrogens with zero attached hydrogens (tertiary/aromatic N) is 4. The molecule has 0 unspecified atom stereocenters. The highest BCUT2D eigenvalue weighted by Gasteiger charge is 2.34. The first-order chi connectivity index (χ1) is 17.6. The van der Waals surface area contributed by atoms with Gasteiger partial charge < -0.3 is 9.30 Å². The average Bonchev–Trinajstić information content (AvgIpc) is 3.38. The fraction of sp³-hybridized carbons (Fsp3) is 0.143. The minimum Gasteiger partial charge on any atom is -0.465 e. The molecule has 0 N–H and O–H groups in total. The van der Waals surface area contributed by atoms with Gasteiger partial charge in [-0.25, -0.2) is 4.99 Å². The number of benzene rings is 2. The second-order valence-electron chi connectivity index (χ2n) is 8.13. The Hall–Kier alpha value is -4.17. The Bertz CT molecular complexity index is 1460. The van der Waals surface area contributed by atoms with Crippen LogP contribution in [0.15, 0.2) is 95.2 Å². The molecule has 3 heterocycles. The highest BCUT2D eigenvalue weighted by molar-refractivity contribution is 8.18. The molecular formula is C28H24N4O3S. The SMILES string of the molecule is CCOC(=O)Cn1cc(C=C2SC(=Nc3ccccc3)N(Cc3cccnc3)C2=O)c2ccccc21. The van der Waals surface area contributed by atoms with Gasteiger partial charge in [0.05, 0.1) is 23.7 Å². The highest BCUT2D eigenvalue weighted by Crippen LogP contribution is 2.36. The molecule has 0 radical (unpaired) electrons. The van der Waals surface area contributed by atoms with E-state index in [0.717, 1.165) is 27.7 Å². The molecule has 7 nitrogen and oxygen atoms in total. The number of pyridine rings is 1. The zero-order valence-corrected chi connectivity index (χ0v) is 20.5. The number of hydrogen-bond acceptors (Lipinski definition) is 6. The van der Waals surface area contributed by atoms with Gasteiger partial charge in [-0.1, -0.05) is 42.5 Å². The second-order valence-corrected chi connectivity index (χ2v) is 9.14. The Kier molecular flexibility index (Phi) is 6.95. The van der Waals surface area contributed by atoms with Crippen molar-refractivity contribution in [2.45, 2.75) is 20.0 Å². The minimum atomic E-state index is -0.302. The van der Waals surface area contributed by atoms with Gasteiger partial charge in [0.2, 0.25) is 0 Å². The van der Waals surface area contributed by atoms with E-state index >= 15 is 0 Å². The van der Waals surface area contributed by atoms with Crippen LogP contribution in [0.1, 0.15) is 18.1 Å². The fourth-order valence-corrected chi connectivity index (χ4v) is 5.01. The highest BCUT2D eigenvalue weighted by atomic mass is 32.2. The fourth-order valence-electron chi connectivity index (χ4n) is 4.03. The van der Waals surface area contributed by atoms with Gasteiger partial charge in [0.1, 0.15) is 6.54 Å². The van der Waals surface area contributed by atoms with Crippen LogP contribution in [0, 0.1) is 0 Å². The van der Waals surface area contributed by atoms with E-state index in [-0.39, 0.29) is 18.4 Å². The molecule has 180 valence electrons. The summed E-state index contributed by atoms with van der Waals surface area (Å²) in [5, 5.41) is 1.56. The molecular weight excluding hydrogens is 472 g/mol. The van der Waals surface area contributed by atoms with Crippen LogP contribution < -0.4 is 0 Å². The van der Waals surface area contributed by atoms with Crippen LogP contribution in [0.5, 0.6) is 0 Å². The molecule has 1 saturated heterocycles. The average molecular weight is 497 g/mol. The number of carbonyl (C=O) groups excluding carboxylic acids is 2. The number of amidine groups is 1. The Morgan fingerprint density at radius 3 is 2.67 bits per heavy atom. The molecule has 0 atom stereocenters. The number of thioether (sulfide) groups is 1. The number of amides is 1. The lowest BCUT2D eigenvalue weighted by atomic mass is 10.1. The smallest absolute Gasteiger partial charge is 0.325 e. The molecule has 1 aliphatic heterocycles. The normalized spacial score (nSPS) is 15.8. The number of hydrogen-bond donors (Lipinski definition) is 0. The van der Waals surface area contributed by atoms with Crippen molar-refractivity contribution in [1.29, 1.82) is 0 Å². The molecule has 0 saturated carbocycles. The lowest BCUT2D eigenvalue weighted by molar-refractivity contribution is -0.143. The molecule has 8 heteroatoms. The number of aliphatic imine (C=N–C) groups is 1. The summed E-state index contributed by atoms with van der Waals surface area (Å²) in [4.78, 5) is 36.9. The van der Waals surface area contributed by atoms with Crippen LogP contribution in [0.3, 0.4) is 0 Å². The van der Waals surface area contributed by atoms with Crippen molar-refractivity contribution in [2.24, 2.45) is 4.99 Å². The van der Waals surface area contributed by atoms with Gasteiger partial charge in [-0.15, -0.1) is 0 Å². The number of ether oxygens (including phenoxy) is 1. The van der Waals surface area contributed by atoms with Crippen LogP contribution in [0.4, 0.5) is 5.69 Å². The first-order valence-corrected chi connectivity index (χ1v) is 12.4. The van der Waals surface area contributed by atoms with Gasteiger partial charge in [0, 0.05) is 35.1 Å². The molecule has 2 aromatic heterocycles. The van der Waals surface area contributed by atoms with E-state index in [2.05, 4.69) is 4.98 Å². The van der Waals surface area contributed by atoms with E-state index in [1.807, 2.05) is 83.6 Å². The zero-order chi connectivity index (χ0) is 24.9. The molecule has 0 spiro atoms. The van der Waals surface area contributed by atoms with Gasteiger partial charge in [0.25, 0.3) is 5.91 Å². The van der Waals surface area contributed by atoms with E-state index in [4.69, 9.17) is 9.73 Å². The van der Waals surface area contributed by atoms with Crippen LogP contribution >= 0.6 is 11.8 Å². The van der Waals surface area contributed by atoms with Gasteiger partial charge in [-0.2, -0.15) is 0 Å². The maximum absolute atomic E-state index is 13.6. The maximum atomic E-state index is 13.6. The summed E-state index contributed by atoms with van der Waals surface area (Å²) < 4.78 is 6.99. The van der Waals surface area contributed by atoms with Crippen molar-refractivity contribution in [3.63, 3.8) is 0 Å². The van der Waals surface area contributed by atoms with Crippen LogP contribution in [0.2, 0.25) is 0 Å². The summed E-state index contributed by atoms with van der Waals surface area (Å²) in [5.74, 6) is -0.426. The van der Waals surface area contributed by atoms with Gasteiger partial charge >= 0.3 is 5.97 Å². The first kappa shape index (κ1) is 23.6. The summed E-state index contributed by atoms with van der Waals surface area (Å²) in [6.45, 7) is 2.59. The Labute approximate surface area is 213 Å². The third-order valence-corrected chi connectivity index (χ3v) is 6.65. The summed E-state index contributed by atoms with van der Waals surface area (Å²) in [6, 6.07) is 21.2. The summed E-state index contributed by atoms with van der Waals surface area (Å²) in [6.07, 6.45) is 7.23. The summed E-state index contributed by atoms with van der Waals surface area (Å²) in [5.41, 5.74) is 3.45. The maximum Gasteiger partial charge on any atom is 0.325 e. The number of aromatic nitrogens is 2. The molecule has 1 aliphatic rings. The van der Waals surface area contributed by atoms with Crippen molar-refractivity contribution in [3.8, 4) is 0 Å². The van der Waals surface area contributed by atoms with E-state index in [1.54, 1.807) is 24.2 Å². The number of para-hydroxylation sites is 2. The molecule has 5 rings (SSSR count). The summed E-state index contributed by atoms with van der Waals surface area (Å²) in [7, 11) is 0. The van der Waals surface area contributed by atoms with Crippen LogP contribution in [-0.4, -0.2) is 38.1 Å². The molecule has 1 amide bonds. The molecule has 0 aliphatic carbocycles. The molecule has 36 heavy (non-hydrogen) atoms. The van der Waals surface area contributed by atoms with Crippen molar-refractivity contribution in [1.82, 2.24) is 14.5 Å². The van der Waals surface area contributed by atoms with Crippen molar-refractivity contribution < 1.29 is 14.3 Å². The Balaban J connectivity index is 1.52. The largest absolute Gasteiger partial charge is 0.465 e. The van der Waals surface area contributed by atoms with Crippen LogP contribution in [-0.2, 0) is 27.4 Å². The number of esters is 1. The molecule has 4 aromatic rings.